The fraction of sp³-hybridized carbons (Fsp3) is 0.833. The Morgan fingerprint density at radius 1 is 1.53 bits per heavy atom. The van der Waals surface area contributed by atoms with Crippen molar-refractivity contribution in [3.8, 4) is 0 Å². The van der Waals surface area contributed by atoms with E-state index in [1.807, 2.05) is 11.8 Å². The molecule has 2 N–H and O–H groups in total. The van der Waals surface area contributed by atoms with E-state index in [1.54, 1.807) is 0 Å². The zero-order chi connectivity index (χ0) is 12.1. The van der Waals surface area contributed by atoms with Gasteiger partial charge in [0.25, 0.3) is 0 Å². The van der Waals surface area contributed by atoms with E-state index < -0.39 is 0 Å². The average molecular weight is 255 g/mol. The van der Waals surface area contributed by atoms with Gasteiger partial charge in [-0.1, -0.05) is 24.9 Å². The fourth-order valence-corrected chi connectivity index (χ4v) is 3.30. The normalized spacial score (nSPS) is 22.6. The summed E-state index contributed by atoms with van der Waals surface area (Å²) in [5.41, 5.74) is 5.69. The molecule has 2 rings (SSSR count). The average Bonchev–Trinajstić information content (AvgIpc) is 2.85. The van der Waals surface area contributed by atoms with Crippen LogP contribution in [0.4, 0.5) is 0 Å². The Bertz CT molecular complexity index is 332. The van der Waals surface area contributed by atoms with E-state index in [2.05, 4.69) is 17.1 Å². The molecule has 0 aromatic carbocycles. The van der Waals surface area contributed by atoms with Gasteiger partial charge in [0.1, 0.15) is 0 Å². The smallest absolute Gasteiger partial charge is 0.227 e. The highest BCUT2D eigenvalue weighted by Crippen LogP contribution is 2.36. The van der Waals surface area contributed by atoms with Crippen LogP contribution < -0.4 is 5.73 Å². The summed E-state index contributed by atoms with van der Waals surface area (Å²) in [4.78, 5) is 4.52. The molecule has 1 aliphatic heterocycles. The lowest BCUT2D eigenvalue weighted by atomic mass is 10.0. The van der Waals surface area contributed by atoms with Crippen LogP contribution in [-0.2, 0) is 6.42 Å². The molecule has 1 aliphatic rings. The highest BCUT2D eigenvalue weighted by Gasteiger charge is 2.22. The van der Waals surface area contributed by atoms with E-state index >= 15 is 0 Å². The molecule has 2 heterocycles. The highest BCUT2D eigenvalue weighted by atomic mass is 32.2. The lowest BCUT2D eigenvalue weighted by molar-refractivity contribution is 0.346. The Morgan fingerprint density at radius 3 is 3.06 bits per heavy atom. The summed E-state index contributed by atoms with van der Waals surface area (Å²) in [7, 11) is 0. The summed E-state index contributed by atoms with van der Waals surface area (Å²) in [5, 5.41) is 4.56. The summed E-state index contributed by atoms with van der Waals surface area (Å²) >= 11 is 1.95. The first kappa shape index (κ1) is 12.9. The largest absolute Gasteiger partial charge is 0.339 e. The molecule has 5 heteroatoms. The molecule has 0 radical (unpaired) electrons. The van der Waals surface area contributed by atoms with Gasteiger partial charge >= 0.3 is 0 Å². The predicted octanol–water partition coefficient (Wildman–Crippen LogP) is 2.56. The number of thioether (sulfide) groups is 1. The van der Waals surface area contributed by atoms with Gasteiger partial charge in [-0.25, -0.2) is 0 Å². The predicted molar refractivity (Wildman–Crippen MR) is 69.9 cm³/mol. The zero-order valence-corrected chi connectivity index (χ0v) is 11.2. The highest BCUT2D eigenvalue weighted by molar-refractivity contribution is 7.99. The maximum atomic E-state index is 5.69. The van der Waals surface area contributed by atoms with Gasteiger partial charge in [0, 0.05) is 6.42 Å². The van der Waals surface area contributed by atoms with Crippen LogP contribution in [0.1, 0.15) is 49.6 Å². The quantitative estimate of drug-likeness (QED) is 0.876. The summed E-state index contributed by atoms with van der Waals surface area (Å²) < 4.78 is 5.32. The number of nitrogens with zero attached hydrogens (tertiary/aromatic N) is 2. The molecule has 17 heavy (non-hydrogen) atoms. The Hall–Kier alpha value is -0.550. The maximum Gasteiger partial charge on any atom is 0.227 e. The molecular weight excluding hydrogens is 234 g/mol. The van der Waals surface area contributed by atoms with E-state index in [0.29, 0.717) is 17.7 Å². The minimum atomic E-state index is 0.444. The Balaban J connectivity index is 1.94. The van der Waals surface area contributed by atoms with Gasteiger partial charge in [0.05, 0.1) is 5.25 Å². The van der Waals surface area contributed by atoms with Crippen molar-refractivity contribution in [3.63, 3.8) is 0 Å². The van der Waals surface area contributed by atoms with Crippen LogP contribution in [0, 0.1) is 5.92 Å². The molecule has 0 aliphatic carbocycles. The van der Waals surface area contributed by atoms with Gasteiger partial charge in [-0.2, -0.15) is 16.7 Å². The number of hydrogen-bond acceptors (Lipinski definition) is 5. The van der Waals surface area contributed by atoms with Crippen LogP contribution in [0.25, 0.3) is 0 Å². The Kier molecular flexibility index (Phi) is 4.86. The van der Waals surface area contributed by atoms with Crippen LogP contribution in [-0.4, -0.2) is 22.4 Å². The van der Waals surface area contributed by atoms with Crippen molar-refractivity contribution in [2.24, 2.45) is 11.7 Å². The van der Waals surface area contributed by atoms with Crippen LogP contribution in [0.5, 0.6) is 0 Å². The lowest BCUT2D eigenvalue weighted by Crippen LogP contribution is -2.16. The van der Waals surface area contributed by atoms with Gasteiger partial charge in [0.2, 0.25) is 5.89 Å². The molecule has 1 fully saturated rings. The van der Waals surface area contributed by atoms with E-state index in [-0.39, 0.29) is 0 Å². The molecule has 1 aromatic rings. The molecule has 0 amide bonds. The topological polar surface area (TPSA) is 64.9 Å². The van der Waals surface area contributed by atoms with E-state index in [4.69, 9.17) is 10.3 Å². The SMILES string of the molecule is CCC(CN)Cc1nc(C2CCCCS2)no1. The van der Waals surface area contributed by atoms with Crippen molar-refractivity contribution in [2.45, 2.75) is 44.3 Å². The molecule has 0 bridgehead atoms. The molecular formula is C12H21N3OS. The summed E-state index contributed by atoms with van der Waals surface area (Å²) in [5.74, 6) is 3.32. The summed E-state index contributed by atoms with van der Waals surface area (Å²) in [6.07, 6.45) is 5.65. The molecule has 0 saturated carbocycles. The van der Waals surface area contributed by atoms with E-state index in [0.717, 1.165) is 24.6 Å². The van der Waals surface area contributed by atoms with Gasteiger partial charge in [-0.3, -0.25) is 0 Å². The van der Waals surface area contributed by atoms with Gasteiger partial charge in [0.15, 0.2) is 5.82 Å². The van der Waals surface area contributed by atoms with Crippen molar-refractivity contribution in [2.75, 3.05) is 12.3 Å². The van der Waals surface area contributed by atoms with E-state index in [1.165, 1.54) is 25.0 Å². The summed E-state index contributed by atoms with van der Waals surface area (Å²) in [6, 6.07) is 0. The first-order chi connectivity index (χ1) is 8.33. The van der Waals surface area contributed by atoms with Crippen molar-refractivity contribution in [3.05, 3.63) is 11.7 Å². The molecule has 0 spiro atoms. The van der Waals surface area contributed by atoms with Crippen LogP contribution in [0.2, 0.25) is 0 Å². The van der Waals surface area contributed by atoms with E-state index in [9.17, 15) is 0 Å². The molecule has 2 atom stereocenters. The van der Waals surface area contributed by atoms with Gasteiger partial charge < -0.3 is 10.3 Å². The Morgan fingerprint density at radius 2 is 2.41 bits per heavy atom. The molecule has 4 nitrogen and oxygen atoms in total. The van der Waals surface area contributed by atoms with Crippen molar-refractivity contribution in [1.82, 2.24) is 10.1 Å². The second-order valence-electron chi connectivity index (χ2n) is 4.62. The number of hydrogen-bond donors (Lipinski definition) is 1. The second-order valence-corrected chi connectivity index (χ2v) is 5.93. The van der Waals surface area contributed by atoms with Crippen molar-refractivity contribution < 1.29 is 4.52 Å². The maximum absolute atomic E-state index is 5.69. The van der Waals surface area contributed by atoms with Crippen molar-refractivity contribution in [1.29, 1.82) is 0 Å². The monoisotopic (exact) mass is 255 g/mol. The molecule has 2 unspecified atom stereocenters. The van der Waals surface area contributed by atoms with Gasteiger partial charge in [-0.05, 0) is 31.1 Å². The number of aromatic nitrogens is 2. The molecule has 1 saturated heterocycles. The third kappa shape index (κ3) is 3.45. The molecule has 96 valence electrons. The number of rotatable bonds is 5. The summed E-state index contributed by atoms with van der Waals surface area (Å²) in [6.45, 7) is 2.83. The minimum Gasteiger partial charge on any atom is -0.339 e. The zero-order valence-electron chi connectivity index (χ0n) is 10.4. The second kappa shape index (κ2) is 6.40. The van der Waals surface area contributed by atoms with Gasteiger partial charge in [-0.15, -0.1) is 0 Å². The van der Waals surface area contributed by atoms with Crippen molar-refractivity contribution >= 4 is 11.8 Å². The first-order valence-corrected chi connectivity index (χ1v) is 7.52. The van der Waals surface area contributed by atoms with Crippen LogP contribution >= 0.6 is 11.8 Å². The molecule has 1 aromatic heterocycles. The number of nitrogens with two attached hydrogens (primary N) is 1. The lowest BCUT2D eigenvalue weighted by Gasteiger charge is -2.17. The third-order valence-electron chi connectivity index (χ3n) is 3.33. The first-order valence-electron chi connectivity index (χ1n) is 6.47. The standard InChI is InChI=1S/C12H21N3OS/c1-2-9(8-13)7-11-14-12(15-16-11)10-5-3-4-6-17-10/h9-10H,2-8,13H2,1H3. The Labute approximate surface area is 107 Å². The fourth-order valence-electron chi connectivity index (χ4n) is 2.07. The van der Waals surface area contributed by atoms with Crippen LogP contribution in [0.3, 0.4) is 0 Å². The van der Waals surface area contributed by atoms with Crippen LogP contribution in [0.15, 0.2) is 4.52 Å². The third-order valence-corrected chi connectivity index (χ3v) is 4.70. The minimum absolute atomic E-state index is 0.444.